The van der Waals surface area contributed by atoms with E-state index < -0.39 is 5.67 Å². The lowest BCUT2D eigenvalue weighted by Gasteiger charge is -2.17. The summed E-state index contributed by atoms with van der Waals surface area (Å²) in [4.78, 5) is 0. The summed E-state index contributed by atoms with van der Waals surface area (Å²) in [5.74, 6) is 0. The molecule has 1 heterocycles. The first-order valence-corrected chi connectivity index (χ1v) is 4.25. The van der Waals surface area contributed by atoms with Crippen molar-refractivity contribution in [2.24, 2.45) is 0 Å². The van der Waals surface area contributed by atoms with Crippen molar-refractivity contribution in [1.82, 2.24) is 0 Å². The van der Waals surface area contributed by atoms with Crippen LogP contribution in [-0.2, 0) is 4.74 Å². The second-order valence-corrected chi connectivity index (χ2v) is 3.56. The number of alkyl halides is 1. The van der Waals surface area contributed by atoms with Gasteiger partial charge in [0.1, 0.15) is 5.67 Å². The third kappa shape index (κ3) is 1.38. The molecule has 1 rings (SSSR count). The van der Waals surface area contributed by atoms with Gasteiger partial charge in [-0.1, -0.05) is 0 Å². The average Bonchev–Trinajstić information content (AvgIpc) is 2.08. The Hall–Kier alpha value is 0.240. The highest BCUT2D eigenvalue weighted by Gasteiger charge is 2.39. The lowest BCUT2D eigenvalue weighted by atomic mass is 10.1. The first-order valence-electron chi connectivity index (χ1n) is 2.96. The average molecular weight is 150 g/mol. The molecule has 0 N–H and O–H groups in total. The van der Waals surface area contributed by atoms with Crippen molar-refractivity contribution in [3.63, 3.8) is 0 Å². The molecule has 0 aromatic carbocycles. The van der Waals surface area contributed by atoms with E-state index in [1.807, 2.05) is 6.26 Å². The van der Waals surface area contributed by atoms with Crippen molar-refractivity contribution in [2.75, 3.05) is 19.5 Å². The maximum Gasteiger partial charge on any atom is 0.145 e. The Morgan fingerprint density at radius 3 is 2.67 bits per heavy atom. The lowest BCUT2D eigenvalue weighted by molar-refractivity contribution is 0.127. The molecule has 3 heteroatoms. The van der Waals surface area contributed by atoms with Gasteiger partial charge in [0, 0.05) is 0 Å². The van der Waals surface area contributed by atoms with Gasteiger partial charge in [-0.25, -0.2) is 4.39 Å². The number of hydrogen-bond acceptors (Lipinski definition) is 2. The highest BCUT2D eigenvalue weighted by atomic mass is 32.2. The van der Waals surface area contributed by atoms with Crippen molar-refractivity contribution >= 4 is 11.8 Å². The van der Waals surface area contributed by atoms with Gasteiger partial charge in [0.15, 0.2) is 0 Å². The van der Waals surface area contributed by atoms with Gasteiger partial charge in [-0.3, -0.25) is 0 Å². The molecule has 0 amide bonds. The smallest absolute Gasteiger partial charge is 0.145 e. The molecule has 0 bridgehead atoms. The molecule has 0 saturated carbocycles. The van der Waals surface area contributed by atoms with Crippen molar-refractivity contribution in [2.45, 2.75) is 17.8 Å². The predicted molar refractivity (Wildman–Crippen MR) is 37.6 cm³/mol. The Bertz CT molecular complexity index is 105. The van der Waals surface area contributed by atoms with Gasteiger partial charge in [-0.15, -0.1) is 0 Å². The summed E-state index contributed by atoms with van der Waals surface area (Å²) in [5.41, 5.74) is -1.10. The molecule has 1 nitrogen and oxygen atoms in total. The second kappa shape index (κ2) is 2.46. The largest absolute Gasteiger partial charge is 0.377 e. The molecule has 0 radical (unpaired) electrons. The number of rotatable bonds is 1. The van der Waals surface area contributed by atoms with Crippen molar-refractivity contribution < 1.29 is 9.13 Å². The van der Waals surface area contributed by atoms with Crippen LogP contribution in [0.2, 0.25) is 0 Å². The zero-order chi connectivity index (χ0) is 6.91. The zero-order valence-corrected chi connectivity index (χ0v) is 6.50. The molecule has 1 aliphatic heterocycles. The summed E-state index contributed by atoms with van der Waals surface area (Å²) in [6, 6.07) is 0. The van der Waals surface area contributed by atoms with Crippen LogP contribution in [0.15, 0.2) is 0 Å². The van der Waals surface area contributed by atoms with E-state index in [1.54, 1.807) is 6.92 Å². The summed E-state index contributed by atoms with van der Waals surface area (Å²) in [6.07, 6.45) is 1.91. The third-order valence-electron chi connectivity index (χ3n) is 1.61. The fourth-order valence-corrected chi connectivity index (χ4v) is 1.74. The van der Waals surface area contributed by atoms with E-state index in [9.17, 15) is 4.39 Å². The minimum Gasteiger partial charge on any atom is -0.377 e. The zero-order valence-electron chi connectivity index (χ0n) is 5.69. The lowest BCUT2D eigenvalue weighted by Crippen LogP contribution is -2.29. The minimum atomic E-state index is -1.10. The second-order valence-electron chi connectivity index (χ2n) is 2.52. The Balaban J connectivity index is 2.52. The number of hydrogen-bond donors (Lipinski definition) is 0. The van der Waals surface area contributed by atoms with E-state index in [0.29, 0.717) is 6.61 Å². The van der Waals surface area contributed by atoms with E-state index in [-0.39, 0.29) is 11.9 Å². The minimum absolute atomic E-state index is 0.0394. The summed E-state index contributed by atoms with van der Waals surface area (Å²) in [6.45, 7) is 2.42. The molecule has 0 aromatic heterocycles. The van der Waals surface area contributed by atoms with Crippen molar-refractivity contribution in [3.8, 4) is 0 Å². The van der Waals surface area contributed by atoms with Crippen LogP contribution in [0.5, 0.6) is 0 Å². The van der Waals surface area contributed by atoms with E-state index >= 15 is 0 Å². The summed E-state index contributed by atoms with van der Waals surface area (Å²) >= 11 is 1.54. The number of halogens is 1. The fraction of sp³-hybridized carbons (Fsp3) is 1.00. The van der Waals surface area contributed by atoms with E-state index in [0.717, 1.165) is 0 Å². The van der Waals surface area contributed by atoms with Crippen LogP contribution in [0.25, 0.3) is 0 Å². The van der Waals surface area contributed by atoms with E-state index in [1.165, 1.54) is 11.8 Å². The van der Waals surface area contributed by atoms with Crippen molar-refractivity contribution in [3.05, 3.63) is 0 Å². The molecule has 2 unspecified atom stereocenters. The standard InChI is InChI=1S/C6H11FOS/c1-6(7)4-8-3-5(6)9-2/h5H,3-4H2,1-2H3. The monoisotopic (exact) mass is 150 g/mol. The maximum atomic E-state index is 13.1. The molecule has 1 aliphatic rings. The predicted octanol–water partition coefficient (Wildman–Crippen LogP) is 1.48. The quantitative estimate of drug-likeness (QED) is 0.560. The van der Waals surface area contributed by atoms with Crippen LogP contribution < -0.4 is 0 Å². The van der Waals surface area contributed by atoms with Gasteiger partial charge in [0.05, 0.1) is 18.5 Å². The van der Waals surface area contributed by atoms with Gasteiger partial charge in [-0.05, 0) is 13.2 Å². The first-order chi connectivity index (χ1) is 4.17. The molecule has 9 heavy (non-hydrogen) atoms. The molecule has 0 aromatic rings. The Labute approximate surface area is 59.0 Å². The first kappa shape index (κ1) is 7.35. The Morgan fingerprint density at radius 1 is 1.78 bits per heavy atom. The van der Waals surface area contributed by atoms with E-state index in [2.05, 4.69) is 0 Å². The van der Waals surface area contributed by atoms with Gasteiger partial charge in [-0.2, -0.15) is 11.8 Å². The molecule has 1 fully saturated rings. The molecule has 0 spiro atoms. The highest BCUT2D eigenvalue weighted by molar-refractivity contribution is 7.99. The summed E-state index contributed by atoms with van der Waals surface area (Å²) < 4.78 is 18.1. The van der Waals surface area contributed by atoms with Gasteiger partial charge < -0.3 is 4.74 Å². The topological polar surface area (TPSA) is 9.23 Å². The molecule has 0 aliphatic carbocycles. The van der Waals surface area contributed by atoms with Crippen LogP contribution >= 0.6 is 11.8 Å². The SMILES string of the molecule is CSC1COCC1(C)F. The molecule has 2 atom stereocenters. The third-order valence-corrected chi connectivity index (χ3v) is 2.81. The number of thioether (sulfide) groups is 1. The number of ether oxygens (including phenoxy) is 1. The fourth-order valence-electron chi connectivity index (χ4n) is 0.946. The van der Waals surface area contributed by atoms with Crippen LogP contribution in [0.1, 0.15) is 6.92 Å². The van der Waals surface area contributed by atoms with Crippen LogP contribution in [-0.4, -0.2) is 30.4 Å². The van der Waals surface area contributed by atoms with Crippen LogP contribution in [0.3, 0.4) is 0 Å². The Morgan fingerprint density at radius 2 is 2.44 bits per heavy atom. The molecular weight excluding hydrogens is 139 g/mol. The summed E-state index contributed by atoms with van der Waals surface area (Å²) in [5, 5.41) is 0.0394. The molecular formula is C6H11FOS. The summed E-state index contributed by atoms with van der Waals surface area (Å²) in [7, 11) is 0. The van der Waals surface area contributed by atoms with Crippen molar-refractivity contribution in [1.29, 1.82) is 0 Å². The van der Waals surface area contributed by atoms with E-state index in [4.69, 9.17) is 4.74 Å². The van der Waals surface area contributed by atoms with Crippen LogP contribution in [0, 0.1) is 0 Å². The molecule has 1 saturated heterocycles. The van der Waals surface area contributed by atoms with Gasteiger partial charge >= 0.3 is 0 Å². The Kier molecular flexibility index (Phi) is 2.01. The molecule has 54 valence electrons. The highest BCUT2D eigenvalue weighted by Crippen LogP contribution is 2.30. The van der Waals surface area contributed by atoms with Crippen LogP contribution in [0.4, 0.5) is 4.39 Å². The van der Waals surface area contributed by atoms with Gasteiger partial charge in [0.2, 0.25) is 0 Å². The normalized spacial score (nSPS) is 43.7. The maximum absolute atomic E-state index is 13.1. The van der Waals surface area contributed by atoms with Gasteiger partial charge in [0.25, 0.3) is 0 Å².